The maximum absolute atomic E-state index is 12.6. The van der Waals surface area contributed by atoms with Crippen LogP contribution in [0.4, 0.5) is 14.5 Å². The van der Waals surface area contributed by atoms with E-state index in [-0.39, 0.29) is 16.1 Å². The van der Waals surface area contributed by atoms with Crippen molar-refractivity contribution < 1.29 is 13.6 Å². The first-order chi connectivity index (χ1) is 11.0. The average molecular weight is 335 g/mol. The van der Waals surface area contributed by atoms with Crippen LogP contribution in [-0.4, -0.2) is 21.6 Å². The van der Waals surface area contributed by atoms with Crippen molar-refractivity contribution >= 4 is 34.4 Å². The highest BCUT2D eigenvalue weighted by molar-refractivity contribution is 7.99. The lowest BCUT2D eigenvalue weighted by molar-refractivity contribution is 0.102. The molecule has 0 radical (unpaired) electrons. The van der Waals surface area contributed by atoms with Crippen LogP contribution in [0, 0.1) is 0 Å². The first-order valence-corrected chi connectivity index (χ1v) is 7.48. The number of fused-ring (bicyclic) bond motifs is 1. The highest BCUT2D eigenvalue weighted by Crippen LogP contribution is 2.29. The Labute approximate surface area is 133 Å². The third-order valence-electron chi connectivity index (χ3n) is 3.12. The number of alkyl halides is 2. The second kappa shape index (κ2) is 6.25. The van der Waals surface area contributed by atoms with E-state index in [1.54, 1.807) is 30.3 Å². The quantitative estimate of drug-likeness (QED) is 0.639. The second-order valence-electron chi connectivity index (χ2n) is 4.67. The number of carbonyl (C=O) groups excluding carboxylic acids is 1. The average Bonchev–Trinajstić information content (AvgIpc) is 2.86. The van der Waals surface area contributed by atoms with Gasteiger partial charge in [0.2, 0.25) is 0 Å². The summed E-state index contributed by atoms with van der Waals surface area (Å²) in [4.78, 5) is 28.9. The summed E-state index contributed by atoms with van der Waals surface area (Å²) in [6.45, 7) is 0. The Hall–Kier alpha value is -2.61. The molecule has 0 spiro atoms. The van der Waals surface area contributed by atoms with Crippen LogP contribution < -0.4 is 11.0 Å². The van der Waals surface area contributed by atoms with Crippen molar-refractivity contribution in [1.82, 2.24) is 9.97 Å². The molecule has 0 aliphatic carbocycles. The van der Waals surface area contributed by atoms with Gasteiger partial charge >= 0.3 is 5.69 Å². The lowest BCUT2D eigenvalue weighted by atomic mass is 10.2. The Kier molecular flexibility index (Phi) is 4.16. The third-order valence-corrected chi connectivity index (χ3v) is 3.91. The molecule has 2 aromatic carbocycles. The molecule has 8 heteroatoms. The molecule has 0 saturated heterocycles. The van der Waals surface area contributed by atoms with E-state index in [9.17, 15) is 18.4 Å². The zero-order valence-electron chi connectivity index (χ0n) is 11.6. The number of aromatic nitrogens is 2. The smallest absolute Gasteiger partial charge is 0.322 e. The van der Waals surface area contributed by atoms with Crippen LogP contribution in [0.1, 0.15) is 10.4 Å². The van der Waals surface area contributed by atoms with Gasteiger partial charge in [0.05, 0.1) is 16.6 Å². The number of benzene rings is 2. The topological polar surface area (TPSA) is 77.8 Å². The standard InChI is InChI=1S/C15H11F2N3O2S/c16-14(17)23-12-4-2-1-3-9(12)13(21)18-8-5-6-10-11(7-8)20-15(22)19-10/h1-7,14H,(H,18,21)(H2,19,20,22). The van der Waals surface area contributed by atoms with Crippen molar-refractivity contribution in [3.05, 3.63) is 58.5 Å². The van der Waals surface area contributed by atoms with Crippen molar-refractivity contribution in [1.29, 1.82) is 0 Å². The van der Waals surface area contributed by atoms with Crippen molar-refractivity contribution in [2.24, 2.45) is 0 Å². The number of H-pyrrole nitrogens is 2. The summed E-state index contributed by atoms with van der Waals surface area (Å²) in [7, 11) is 0. The van der Waals surface area contributed by atoms with Crippen molar-refractivity contribution in [2.45, 2.75) is 10.7 Å². The van der Waals surface area contributed by atoms with Gasteiger partial charge in [0, 0.05) is 10.6 Å². The van der Waals surface area contributed by atoms with E-state index in [0.717, 1.165) is 0 Å². The fourth-order valence-electron chi connectivity index (χ4n) is 2.16. The summed E-state index contributed by atoms with van der Waals surface area (Å²) in [6.07, 6.45) is 0. The number of thioether (sulfide) groups is 1. The molecule has 0 atom stereocenters. The number of amides is 1. The molecule has 0 saturated carbocycles. The molecule has 0 bridgehead atoms. The van der Waals surface area contributed by atoms with Crippen LogP contribution >= 0.6 is 11.8 Å². The zero-order valence-corrected chi connectivity index (χ0v) is 12.4. The van der Waals surface area contributed by atoms with Crippen LogP contribution in [0.3, 0.4) is 0 Å². The number of nitrogens with one attached hydrogen (secondary N) is 3. The van der Waals surface area contributed by atoms with Gasteiger partial charge < -0.3 is 15.3 Å². The lowest BCUT2D eigenvalue weighted by Gasteiger charge is -2.09. The molecule has 0 aliphatic heterocycles. The van der Waals surface area contributed by atoms with Crippen molar-refractivity contribution in [3.8, 4) is 0 Å². The Balaban J connectivity index is 1.87. The fourth-order valence-corrected chi connectivity index (χ4v) is 2.80. The van der Waals surface area contributed by atoms with Crippen LogP contribution in [-0.2, 0) is 0 Å². The molecule has 0 aliphatic rings. The monoisotopic (exact) mass is 335 g/mol. The van der Waals surface area contributed by atoms with Crippen molar-refractivity contribution in [3.63, 3.8) is 0 Å². The summed E-state index contributed by atoms with van der Waals surface area (Å²) >= 11 is 0.323. The lowest BCUT2D eigenvalue weighted by Crippen LogP contribution is -2.13. The molecule has 1 heterocycles. The van der Waals surface area contributed by atoms with Gasteiger partial charge in [0.1, 0.15) is 0 Å². The molecule has 1 aromatic heterocycles. The Morgan fingerprint density at radius 1 is 1.09 bits per heavy atom. The number of hydrogen-bond acceptors (Lipinski definition) is 3. The highest BCUT2D eigenvalue weighted by Gasteiger charge is 2.15. The van der Waals surface area contributed by atoms with Crippen LogP contribution in [0.15, 0.2) is 52.2 Å². The number of imidazole rings is 1. The molecule has 0 fully saturated rings. The molecule has 1 amide bonds. The molecular formula is C15H11F2N3O2S. The molecule has 3 N–H and O–H groups in total. The summed E-state index contributed by atoms with van der Waals surface area (Å²) in [5.41, 5.74) is 1.43. The summed E-state index contributed by atoms with van der Waals surface area (Å²) < 4.78 is 25.1. The van der Waals surface area contributed by atoms with Gasteiger partial charge in [-0.15, -0.1) is 0 Å². The van der Waals surface area contributed by atoms with Gasteiger partial charge in [-0.3, -0.25) is 4.79 Å². The number of aromatic amines is 2. The maximum Gasteiger partial charge on any atom is 0.323 e. The van der Waals surface area contributed by atoms with E-state index in [1.165, 1.54) is 12.1 Å². The van der Waals surface area contributed by atoms with E-state index in [2.05, 4.69) is 15.3 Å². The van der Waals surface area contributed by atoms with Gasteiger partial charge in [0.25, 0.3) is 11.7 Å². The molecule has 3 aromatic rings. The fraction of sp³-hybridized carbons (Fsp3) is 0.0667. The zero-order chi connectivity index (χ0) is 16.4. The molecule has 3 rings (SSSR count). The number of carbonyl (C=O) groups is 1. The predicted octanol–water partition coefficient (Wildman–Crippen LogP) is 3.42. The van der Waals surface area contributed by atoms with Gasteiger partial charge in [-0.2, -0.15) is 8.78 Å². The SMILES string of the molecule is O=C(Nc1ccc2[nH]c(=O)[nH]c2c1)c1ccccc1SC(F)F. The molecule has 23 heavy (non-hydrogen) atoms. The first kappa shape index (κ1) is 15.3. The maximum atomic E-state index is 12.6. The van der Waals surface area contributed by atoms with Gasteiger partial charge in [-0.25, -0.2) is 4.79 Å². The molecule has 5 nitrogen and oxygen atoms in total. The Morgan fingerprint density at radius 2 is 1.83 bits per heavy atom. The highest BCUT2D eigenvalue weighted by atomic mass is 32.2. The number of hydrogen-bond donors (Lipinski definition) is 3. The largest absolute Gasteiger partial charge is 0.323 e. The number of halogens is 2. The van der Waals surface area contributed by atoms with Crippen LogP contribution in [0.2, 0.25) is 0 Å². The minimum atomic E-state index is -2.61. The second-order valence-corrected chi connectivity index (χ2v) is 5.70. The minimum Gasteiger partial charge on any atom is -0.322 e. The van der Waals surface area contributed by atoms with Crippen molar-refractivity contribution in [2.75, 3.05) is 5.32 Å². The molecule has 118 valence electrons. The summed E-state index contributed by atoms with van der Waals surface area (Å²) in [5, 5.41) is 2.64. The van der Waals surface area contributed by atoms with E-state index >= 15 is 0 Å². The Bertz CT molecular complexity index is 920. The van der Waals surface area contributed by atoms with Crippen LogP contribution in [0.5, 0.6) is 0 Å². The van der Waals surface area contributed by atoms with E-state index in [4.69, 9.17) is 0 Å². The first-order valence-electron chi connectivity index (χ1n) is 6.60. The van der Waals surface area contributed by atoms with E-state index in [0.29, 0.717) is 28.5 Å². The predicted molar refractivity (Wildman–Crippen MR) is 85.2 cm³/mol. The minimum absolute atomic E-state index is 0.167. The summed E-state index contributed by atoms with van der Waals surface area (Å²) in [5.74, 6) is -3.10. The normalized spacial score (nSPS) is 11.1. The summed E-state index contributed by atoms with van der Waals surface area (Å²) in [6, 6.07) is 11.0. The van der Waals surface area contributed by atoms with E-state index < -0.39 is 11.7 Å². The number of anilines is 1. The van der Waals surface area contributed by atoms with E-state index in [1.807, 2.05) is 0 Å². The third kappa shape index (κ3) is 3.42. The molecule has 0 unspecified atom stereocenters. The van der Waals surface area contributed by atoms with Crippen LogP contribution in [0.25, 0.3) is 11.0 Å². The van der Waals surface area contributed by atoms with Gasteiger partial charge in [0.15, 0.2) is 0 Å². The molecular weight excluding hydrogens is 324 g/mol. The van der Waals surface area contributed by atoms with Gasteiger partial charge in [-0.05, 0) is 30.3 Å². The Morgan fingerprint density at radius 3 is 2.61 bits per heavy atom. The van der Waals surface area contributed by atoms with Gasteiger partial charge in [-0.1, -0.05) is 23.9 Å². The number of rotatable bonds is 4.